The van der Waals surface area contributed by atoms with Crippen molar-refractivity contribution in [2.75, 3.05) is 14.2 Å². The van der Waals surface area contributed by atoms with Crippen LogP contribution >= 0.6 is 0 Å². The molecule has 2 aromatic carbocycles. The van der Waals surface area contributed by atoms with Crippen LogP contribution in [0, 0.1) is 6.92 Å². The second kappa shape index (κ2) is 11.2. The molecule has 0 bridgehead atoms. The summed E-state index contributed by atoms with van der Waals surface area (Å²) in [5.41, 5.74) is 6.27. The maximum atomic E-state index is 12.3. The molecule has 0 saturated heterocycles. The van der Waals surface area contributed by atoms with Crippen molar-refractivity contribution in [3.05, 3.63) is 58.7 Å². The van der Waals surface area contributed by atoms with Crippen LogP contribution in [0.4, 0.5) is 0 Å². The van der Waals surface area contributed by atoms with Crippen molar-refractivity contribution in [3.63, 3.8) is 0 Å². The second-order valence-electron chi connectivity index (χ2n) is 7.65. The monoisotopic (exact) mass is 425 g/mol. The van der Waals surface area contributed by atoms with E-state index in [9.17, 15) is 9.59 Å². The van der Waals surface area contributed by atoms with Gasteiger partial charge >= 0.3 is 0 Å². The van der Waals surface area contributed by atoms with Crippen molar-refractivity contribution in [1.29, 1.82) is 0 Å². The van der Waals surface area contributed by atoms with E-state index in [1.165, 1.54) is 0 Å². The molecular weight excluding hydrogens is 394 g/mol. The van der Waals surface area contributed by atoms with Gasteiger partial charge in [-0.1, -0.05) is 26.0 Å². The molecule has 0 aliphatic rings. The lowest BCUT2D eigenvalue weighted by Crippen LogP contribution is -2.43. The number of rotatable bonds is 9. The van der Waals surface area contributed by atoms with Gasteiger partial charge in [0.05, 0.1) is 26.9 Å². The van der Waals surface area contributed by atoms with Gasteiger partial charge in [0.25, 0.3) is 5.91 Å². The van der Waals surface area contributed by atoms with Gasteiger partial charge in [0.1, 0.15) is 17.5 Å². The summed E-state index contributed by atoms with van der Waals surface area (Å²) in [6.07, 6.45) is 1.78. The number of nitrogens with zero attached hydrogens (tertiary/aromatic N) is 1. The number of hydrogen-bond acceptors (Lipinski definition) is 5. The smallest absolute Gasteiger partial charge is 0.262 e. The maximum absolute atomic E-state index is 12.3. The van der Waals surface area contributed by atoms with Crippen LogP contribution in [-0.4, -0.2) is 38.3 Å². The number of nitrogens with one attached hydrogen (secondary N) is 2. The lowest BCUT2D eigenvalue weighted by atomic mass is 9.97. The minimum Gasteiger partial charge on any atom is -0.497 e. The summed E-state index contributed by atoms with van der Waals surface area (Å²) in [6, 6.07) is 10.5. The number of ether oxygens (including phenoxy) is 2. The molecule has 0 fully saturated rings. The van der Waals surface area contributed by atoms with Crippen LogP contribution in [0.1, 0.15) is 48.9 Å². The summed E-state index contributed by atoms with van der Waals surface area (Å²) in [5.74, 6) is 1.21. The van der Waals surface area contributed by atoms with Crippen molar-refractivity contribution in [2.24, 2.45) is 5.10 Å². The molecular formula is C24H31N3O4. The fraction of sp³-hybridized carbons (Fsp3) is 0.375. The number of carbonyl (C=O) groups excluding carboxylic acids is 2. The van der Waals surface area contributed by atoms with E-state index in [1.807, 2.05) is 31.2 Å². The van der Waals surface area contributed by atoms with E-state index in [4.69, 9.17) is 9.47 Å². The van der Waals surface area contributed by atoms with E-state index in [0.717, 1.165) is 33.8 Å². The van der Waals surface area contributed by atoms with E-state index in [0.29, 0.717) is 5.92 Å². The van der Waals surface area contributed by atoms with Gasteiger partial charge in [0, 0.05) is 0 Å². The van der Waals surface area contributed by atoms with Gasteiger partial charge < -0.3 is 14.8 Å². The van der Waals surface area contributed by atoms with E-state index in [2.05, 4.69) is 29.7 Å². The summed E-state index contributed by atoms with van der Waals surface area (Å²) in [7, 11) is 3.24. The highest BCUT2D eigenvalue weighted by Gasteiger charge is 2.15. The Balaban J connectivity index is 1.93. The SMILES string of the molecule is COc1ccc(CC(=O)NC(C)C(=O)NN=Cc2cc(C(C)C)c(OC)cc2C)cc1. The summed E-state index contributed by atoms with van der Waals surface area (Å²) in [6.45, 7) is 7.75. The molecule has 7 nitrogen and oxygen atoms in total. The second-order valence-corrected chi connectivity index (χ2v) is 7.65. The molecule has 166 valence electrons. The minimum absolute atomic E-state index is 0.175. The van der Waals surface area contributed by atoms with Crippen molar-refractivity contribution in [3.8, 4) is 11.5 Å². The zero-order valence-electron chi connectivity index (χ0n) is 19.0. The highest BCUT2D eigenvalue weighted by Crippen LogP contribution is 2.29. The van der Waals surface area contributed by atoms with Crippen LogP contribution in [0.25, 0.3) is 0 Å². The molecule has 0 aliphatic heterocycles. The maximum Gasteiger partial charge on any atom is 0.262 e. The Morgan fingerprint density at radius 1 is 1.06 bits per heavy atom. The Morgan fingerprint density at radius 2 is 1.74 bits per heavy atom. The number of methoxy groups -OCH3 is 2. The Kier molecular flexibility index (Phi) is 8.61. The first-order chi connectivity index (χ1) is 14.7. The number of hydrazone groups is 1. The molecule has 0 aromatic heterocycles. The molecule has 1 unspecified atom stereocenters. The quantitative estimate of drug-likeness (QED) is 0.476. The van der Waals surface area contributed by atoms with Crippen molar-refractivity contribution in [1.82, 2.24) is 10.7 Å². The first kappa shape index (κ1) is 23.9. The molecule has 0 aliphatic carbocycles. The lowest BCUT2D eigenvalue weighted by Gasteiger charge is -2.14. The highest BCUT2D eigenvalue weighted by molar-refractivity contribution is 5.89. The number of carbonyl (C=O) groups is 2. The first-order valence-electron chi connectivity index (χ1n) is 10.2. The summed E-state index contributed by atoms with van der Waals surface area (Å²) < 4.78 is 10.6. The molecule has 2 rings (SSSR count). The van der Waals surface area contributed by atoms with Crippen LogP contribution < -0.4 is 20.2 Å². The lowest BCUT2D eigenvalue weighted by molar-refractivity contribution is -0.128. The fourth-order valence-electron chi connectivity index (χ4n) is 3.03. The molecule has 1 atom stereocenters. The van der Waals surface area contributed by atoms with Gasteiger partial charge in [0.15, 0.2) is 0 Å². The standard InChI is InChI=1S/C24H31N3O4/c1-15(2)21-13-19(16(3)11-22(21)31-6)14-25-27-24(29)17(4)26-23(28)12-18-7-9-20(30-5)10-8-18/h7-11,13-15,17H,12H2,1-6H3,(H,26,28)(H,27,29). The summed E-state index contributed by atoms with van der Waals surface area (Å²) in [4.78, 5) is 24.5. The predicted molar refractivity (Wildman–Crippen MR) is 122 cm³/mol. The van der Waals surface area contributed by atoms with Gasteiger partial charge in [-0.05, 0) is 66.3 Å². The summed E-state index contributed by atoms with van der Waals surface area (Å²) in [5, 5.41) is 6.74. The van der Waals surface area contributed by atoms with Crippen LogP contribution in [0.3, 0.4) is 0 Å². The van der Waals surface area contributed by atoms with Gasteiger partial charge in [-0.3, -0.25) is 9.59 Å². The molecule has 2 aromatic rings. The minimum atomic E-state index is -0.717. The Labute approximate surface area is 183 Å². The average Bonchev–Trinajstić information content (AvgIpc) is 2.74. The van der Waals surface area contributed by atoms with Gasteiger partial charge in [-0.25, -0.2) is 5.43 Å². The number of hydrogen-bond donors (Lipinski definition) is 2. The Hall–Kier alpha value is -3.35. The Morgan fingerprint density at radius 3 is 2.32 bits per heavy atom. The average molecular weight is 426 g/mol. The Bertz CT molecular complexity index is 937. The topological polar surface area (TPSA) is 89.0 Å². The van der Waals surface area contributed by atoms with E-state index >= 15 is 0 Å². The van der Waals surface area contributed by atoms with Crippen LogP contribution in [0.2, 0.25) is 0 Å². The fourth-order valence-corrected chi connectivity index (χ4v) is 3.03. The molecule has 2 N–H and O–H groups in total. The van der Waals surface area contributed by atoms with Crippen LogP contribution in [-0.2, 0) is 16.0 Å². The third kappa shape index (κ3) is 6.84. The van der Waals surface area contributed by atoms with E-state index in [1.54, 1.807) is 39.5 Å². The number of aryl methyl sites for hydroxylation is 1. The van der Waals surface area contributed by atoms with E-state index < -0.39 is 11.9 Å². The molecule has 0 radical (unpaired) electrons. The van der Waals surface area contributed by atoms with E-state index in [-0.39, 0.29) is 12.3 Å². The van der Waals surface area contributed by atoms with Gasteiger partial charge in [0.2, 0.25) is 5.91 Å². The summed E-state index contributed by atoms with van der Waals surface area (Å²) >= 11 is 0. The molecule has 0 heterocycles. The zero-order chi connectivity index (χ0) is 23.0. The van der Waals surface area contributed by atoms with Gasteiger partial charge in [-0.2, -0.15) is 5.10 Å². The molecule has 7 heteroatoms. The van der Waals surface area contributed by atoms with Crippen LogP contribution in [0.5, 0.6) is 11.5 Å². The van der Waals surface area contributed by atoms with Gasteiger partial charge in [-0.15, -0.1) is 0 Å². The number of amides is 2. The number of benzene rings is 2. The highest BCUT2D eigenvalue weighted by atomic mass is 16.5. The zero-order valence-corrected chi connectivity index (χ0v) is 19.0. The predicted octanol–water partition coefficient (Wildman–Crippen LogP) is 3.33. The molecule has 0 saturated carbocycles. The molecule has 31 heavy (non-hydrogen) atoms. The largest absolute Gasteiger partial charge is 0.497 e. The normalized spacial score (nSPS) is 12.0. The van der Waals surface area contributed by atoms with Crippen molar-refractivity contribution in [2.45, 2.75) is 46.1 Å². The molecule has 0 spiro atoms. The third-order valence-electron chi connectivity index (χ3n) is 4.91. The van der Waals surface area contributed by atoms with Crippen molar-refractivity contribution >= 4 is 18.0 Å². The first-order valence-corrected chi connectivity index (χ1v) is 10.2. The third-order valence-corrected chi connectivity index (χ3v) is 4.91. The van der Waals surface area contributed by atoms with Crippen LogP contribution in [0.15, 0.2) is 41.5 Å². The molecule has 2 amide bonds. The van der Waals surface area contributed by atoms with Crippen molar-refractivity contribution < 1.29 is 19.1 Å².